The van der Waals surface area contributed by atoms with Crippen molar-refractivity contribution in [3.8, 4) is 0 Å². The van der Waals surface area contributed by atoms with Gasteiger partial charge in [0.2, 0.25) is 0 Å². The van der Waals surface area contributed by atoms with E-state index in [4.69, 9.17) is 0 Å². The molecule has 0 saturated heterocycles. The average Bonchev–Trinajstić information content (AvgIpc) is 2.61. The minimum atomic E-state index is 0.0601. The molecule has 0 bridgehead atoms. The fourth-order valence-corrected chi connectivity index (χ4v) is 2.57. The van der Waals surface area contributed by atoms with Crippen LogP contribution in [0.15, 0.2) is 12.3 Å². The van der Waals surface area contributed by atoms with Gasteiger partial charge in [-0.3, -0.25) is 9.78 Å². The number of pyridine rings is 1. The molecule has 1 saturated carbocycles. The van der Waals surface area contributed by atoms with Gasteiger partial charge in [0.1, 0.15) is 0 Å². The second kappa shape index (κ2) is 5.98. The number of carbonyl (C=O) groups excluding carboxylic acids is 1. The van der Waals surface area contributed by atoms with Crippen molar-refractivity contribution in [3.63, 3.8) is 0 Å². The van der Waals surface area contributed by atoms with Crippen molar-refractivity contribution in [1.29, 1.82) is 0 Å². The summed E-state index contributed by atoms with van der Waals surface area (Å²) in [5, 5.41) is 3.18. The number of carbonyl (C=O) groups is 1. The highest BCUT2D eigenvalue weighted by atomic mass is 16.1. The van der Waals surface area contributed by atoms with Gasteiger partial charge in [-0.15, -0.1) is 0 Å². The molecule has 1 heterocycles. The van der Waals surface area contributed by atoms with Crippen LogP contribution in [0.1, 0.15) is 60.1 Å². The predicted octanol–water partition coefficient (Wildman–Crippen LogP) is 3.15. The van der Waals surface area contributed by atoms with Crippen LogP contribution < -0.4 is 5.32 Å². The van der Waals surface area contributed by atoms with Crippen LogP contribution >= 0.6 is 0 Å². The first-order valence-electron chi connectivity index (χ1n) is 6.91. The predicted molar refractivity (Wildman–Crippen MR) is 72.7 cm³/mol. The summed E-state index contributed by atoms with van der Waals surface area (Å²) in [5.74, 6) is 0.0601. The first kappa shape index (κ1) is 13.1. The largest absolute Gasteiger partial charge is 0.349 e. The monoisotopic (exact) mass is 246 g/mol. The van der Waals surface area contributed by atoms with Crippen molar-refractivity contribution >= 4 is 5.91 Å². The fraction of sp³-hybridized carbons (Fsp3) is 0.600. The molecule has 0 spiro atoms. The van der Waals surface area contributed by atoms with Crippen LogP contribution in [0.3, 0.4) is 0 Å². The first-order chi connectivity index (χ1) is 8.68. The first-order valence-corrected chi connectivity index (χ1v) is 6.91. The molecule has 3 nitrogen and oxygen atoms in total. The Hall–Kier alpha value is -1.38. The van der Waals surface area contributed by atoms with E-state index in [-0.39, 0.29) is 5.91 Å². The smallest absolute Gasteiger partial charge is 0.251 e. The van der Waals surface area contributed by atoms with Gasteiger partial charge in [0.25, 0.3) is 5.91 Å². The number of rotatable bonds is 2. The summed E-state index contributed by atoms with van der Waals surface area (Å²) in [5.41, 5.74) is 2.69. The van der Waals surface area contributed by atoms with Gasteiger partial charge in [-0.2, -0.15) is 0 Å². The summed E-state index contributed by atoms with van der Waals surface area (Å²) in [6, 6.07) is 2.17. The third-order valence-corrected chi connectivity index (χ3v) is 3.89. The Labute approximate surface area is 109 Å². The number of hydrogen-bond donors (Lipinski definition) is 1. The van der Waals surface area contributed by atoms with Gasteiger partial charge in [0.05, 0.1) is 0 Å². The van der Waals surface area contributed by atoms with Gasteiger partial charge in [-0.05, 0) is 38.3 Å². The third kappa shape index (κ3) is 3.09. The van der Waals surface area contributed by atoms with Gasteiger partial charge in [-0.25, -0.2) is 0 Å². The van der Waals surface area contributed by atoms with Crippen molar-refractivity contribution in [2.75, 3.05) is 0 Å². The Kier molecular flexibility index (Phi) is 4.34. The number of aromatic nitrogens is 1. The molecule has 0 aliphatic heterocycles. The van der Waals surface area contributed by atoms with Gasteiger partial charge < -0.3 is 5.32 Å². The second-order valence-corrected chi connectivity index (χ2v) is 5.23. The number of nitrogens with one attached hydrogen (secondary N) is 1. The average molecular weight is 246 g/mol. The van der Waals surface area contributed by atoms with Crippen molar-refractivity contribution in [2.24, 2.45) is 0 Å². The zero-order valence-corrected chi connectivity index (χ0v) is 11.3. The van der Waals surface area contributed by atoms with Crippen LogP contribution in [-0.4, -0.2) is 16.9 Å². The Morgan fingerprint density at radius 2 is 1.89 bits per heavy atom. The quantitative estimate of drug-likeness (QED) is 0.814. The minimum Gasteiger partial charge on any atom is -0.349 e. The Morgan fingerprint density at radius 3 is 2.56 bits per heavy atom. The summed E-state index contributed by atoms with van der Waals surface area (Å²) in [6.07, 6.45) is 9.03. The van der Waals surface area contributed by atoms with E-state index in [1.807, 2.05) is 19.9 Å². The molecule has 0 unspecified atom stereocenters. The van der Waals surface area contributed by atoms with Crippen molar-refractivity contribution in [2.45, 2.75) is 58.4 Å². The Bertz CT molecular complexity index is 421. The van der Waals surface area contributed by atoms with Gasteiger partial charge >= 0.3 is 0 Å². The highest BCUT2D eigenvalue weighted by Crippen LogP contribution is 2.18. The highest BCUT2D eigenvalue weighted by molar-refractivity contribution is 5.95. The topological polar surface area (TPSA) is 42.0 Å². The molecule has 1 aromatic heterocycles. The zero-order chi connectivity index (χ0) is 13.0. The minimum absolute atomic E-state index is 0.0601. The Balaban J connectivity index is 2.04. The van der Waals surface area contributed by atoms with Crippen LogP contribution in [0.4, 0.5) is 0 Å². The lowest BCUT2D eigenvalue weighted by molar-refractivity contribution is 0.0932. The highest BCUT2D eigenvalue weighted by Gasteiger charge is 2.17. The van der Waals surface area contributed by atoms with Gasteiger partial charge in [-0.1, -0.05) is 25.7 Å². The second-order valence-electron chi connectivity index (χ2n) is 5.23. The van der Waals surface area contributed by atoms with Crippen molar-refractivity contribution < 1.29 is 4.79 Å². The molecule has 2 rings (SSSR count). The van der Waals surface area contributed by atoms with E-state index in [1.165, 1.54) is 25.7 Å². The lowest BCUT2D eigenvalue weighted by Crippen LogP contribution is -2.34. The number of hydrogen-bond acceptors (Lipinski definition) is 2. The van der Waals surface area contributed by atoms with Gasteiger partial charge in [0, 0.05) is 23.5 Å². The molecule has 1 N–H and O–H groups in total. The number of nitrogens with zero attached hydrogens (tertiary/aromatic N) is 1. The van der Waals surface area contributed by atoms with Gasteiger partial charge in [0.15, 0.2) is 0 Å². The molecule has 1 fully saturated rings. The maximum Gasteiger partial charge on any atom is 0.251 e. The van der Waals surface area contributed by atoms with Crippen LogP contribution in [0.2, 0.25) is 0 Å². The van der Waals surface area contributed by atoms with Crippen molar-refractivity contribution in [1.82, 2.24) is 10.3 Å². The van der Waals surface area contributed by atoms with Crippen molar-refractivity contribution in [3.05, 3.63) is 29.1 Å². The van der Waals surface area contributed by atoms with Crippen LogP contribution in [0.25, 0.3) is 0 Å². The van der Waals surface area contributed by atoms with Crippen LogP contribution in [0.5, 0.6) is 0 Å². The molecule has 0 aromatic carbocycles. The molecular formula is C15H22N2O. The van der Waals surface area contributed by atoms with E-state index in [9.17, 15) is 4.79 Å². The molecule has 0 atom stereocenters. The summed E-state index contributed by atoms with van der Waals surface area (Å²) >= 11 is 0. The Morgan fingerprint density at radius 1 is 1.22 bits per heavy atom. The normalized spacial score (nSPS) is 17.2. The number of amides is 1. The summed E-state index contributed by atoms with van der Waals surface area (Å²) < 4.78 is 0. The molecular weight excluding hydrogens is 224 g/mol. The van der Waals surface area contributed by atoms with E-state index in [0.29, 0.717) is 6.04 Å². The molecule has 3 heteroatoms. The summed E-state index contributed by atoms with van der Waals surface area (Å²) in [6.45, 7) is 3.90. The van der Waals surface area contributed by atoms with Crippen LogP contribution in [-0.2, 0) is 0 Å². The zero-order valence-electron chi connectivity index (χ0n) is 11.3. The van der Waals surface area contributed by atoms with E-state index < -0.39 is 0 Å². The molecule has 1 aliphatic rings. The summed E-state index contributed by atoms with van der Waals surface area (Å²) in [4.78, 5) is 16.5. The fourth-order valence-electron chi connectivity index (χ4n) is 2.57. The maximum absolute atomic E-state index is 12.3. The van der Waals surface area contributed by atoms with E-state index in [1.54, 1.807) is 6.20 Å². The maximum atomic E-state index is 12.3. The van der Waals surface area contributed by atoms with E-state index >= 15 is 0 Å². The molecule has 98 valence electrons. The lowest BCUT2D eigenvalue weighted by atomic mass is 10.1. The standard InChI is InChI=1S/C15H22N2O/c1-11-12(2)16-10-9-14(11)15(18)17-13-7-5-3-4-6-8-13/h9-10,13H,3-8H2,1-2H3,(H,17,18). The third-order valence-electron chi connectivity index (χ3n) is 3.89. The molecule has 1 aliphatic carbocycles. The van der Waals surface area contributed by atoms with E-state index in [0.717, 1.165) is 29.7 Å². The molecule has 1 amide bonds. The van der Waals surface area contributed by atoms with E-state index in [2.05, 4.69) is 10.3 Å². The number of aryl methyl sites for hydroxylation is 1. The SMILES string of the molecule is Cc1nccc(C(=O)NC2CCCCCC2)c1C. The molecule has 18 heavy (non-hydrogen) atoms. The molecule has 0 radical (unpaired) electrons. The van der Waals surface area contributed by atoms with Crippen LogP contribution in [0, 0.1) is 13.8 Å². The lowest BCUT2D eigenvalue weighted by Gasteiger charge is -2.17. The summed E-state index contributed by atoms with van der Waals surface area (Å²) in [7, 11) is 0. The molecule has 1 aromatic rings.